The number of anilines is 1. The van der Waals surface area contributed by atoms with Gasteiger partial charge in [0.2, 0.25) is 5.91 Å². The van der Waals surface area contributed by atoms with Crippen LogP contribution in [-0.2, 0) is 16.1 Å². The largest absolute Gasteiger partial charge is 0.324 e. The quantitative estimate of drug-likeness (QED) is 0.770. The summed E-state index contributed by atoms with van der Waals surface area (Å²) in [5.41, 5.74) is 2.91. The van der Waals surface area contributed by atoms with E-state index in [1.807, 2.05) is 25.1 Å². The number of nitrogens with zero attached hydrogens (tertiary/aromatic N) is 2. The molecule has 0 N–H and O–H groups in total. The zero-order chi connectivity index (χ0) is 19.8. The van der Waals surface area contributed by atoms with Crippen molar-refractivity contribution in [2.24, 2.45) is 5.92 Å². The number of hydrogen-bond acceptors (Lipinski definition) is 2. The third-order valence-electron chi connectivity index (χ3n) is 5.80. The monoisotopic (exact) mass is 376 g/mol. The van der Waals surface area contributed by atoms with Crippen LogP contribution in [-0.4, -0.2) is 37.1 Å². The maximum Gasteiger partial charge on any atom is 0.250 e. The van der Waals surface area contributed by atoms with Crippen LogP contribution in [0, 0.1) is 18.7 Å². The van der Waals surface area contributed by atoms with Gasteiger partial charge in [0.25, 0.3) is 5.91 Å². The molecule has 1 heterocycles. The summed E-state index contributed by atoms with van der Waals surface area (Å²) < 4.78 is 13.2. The number of piperazine rings is 1. The van der Waals surface area contributed by atoms with Crippen molar-refractivity contribution >= 4 is 30.8 Å². The molecule has 4 nitrogen and oxygen atoms in total. The highest BCUT2D eigenvalue weighted by Gasteiger charge is 2.45. The second-order valence-corrected chi connectivity index (χ2v) is 7.77. The zero-order valence-electron chi connectivity index (χ0n) is 15.9. The smallest absolute Gasteiger partial charge is 0.250 e. The molecule has 1 atom stereocenters. The average molecular weight is 376 g/mol. The molecule has 1 aliphatic heterocycles. The first-order valence-electron chi connectivity index (χ1n) is 9.65. The number of halogens is 1. The molecule has 1 saturated heterocycles. The Balaban J connectivity index is 1.65. The Morgan fingerprint density at radius 2 is 1.82 bits per heavy atom. The molecule has 1 saturated carbocycles. The third-order valence-corrected chi connectivity index (χ3v) is 5.80. The maximum absolute atomic E-state index is 13.4. The van der Waals surface area contributed by atoms with E-state index in [2.05, 4.69) is 0 Å². The van der Waals surface area contributed by atoms with E-state index in [9.17, 15) is 14.0 Å². The van der Waals surface area contributed by atoms with Crippen molar-refractivity contribution in [2.75, 3.05) is 11.4 Å². The van der Waals surface area contributed by atoms with E-state index >= 15 is 0 Å². The van der Waals surface area contributed by atoms with Crippen molar-refractivity contribution in [1.82, 2.24) is 4.90 Å². The minimum atomic E-state index is -0.499. The van der Waals surface area contributed by atoms with Crippen molar-refractivity contribution in [3.05, 3.63) is 59.4 Å². The van der Waals surface area contributed by atoms with Crippen molar-refractivity contribution in [3.63, 3.8) is 0 Å². The van der Waals surface area contributed by atoms with Gasteiger partial charge >= 0.3 is 0 Å². The number of benzene rings is 2. The van der Waals surface area contributed by atoms with Gasteiger partial charge in [0, 0.05) is 12.2 Å². The molecule has 2 aromatic rings. The Kier molecular flexibility index (Phi) is 4.96. The highest BCUT2D eigenvalue weighted by molar-refractivity contribution is 6.37. The van der Waals surface area contributed by atoms with E-state index < -0.39 is 6.04 Å². The van der Waals surface area contributed by atoms with Crippen molar-refractivity contribution in [1.29, 1.82) is 0 Å². The number of rotatable bonds is 4. The molecular formula is C22H22BFN2O2. The molecule has 28 heavy (non-hydrogen) atoms. The molecule has 1 unspecified atom stereocenters. The molecule has 1 aliphatic carbocycles. The van der Waals surface area contributed by atoms with Gasteiger partial charge in [0.05, 0.1) is 0 Å². The lowest BCUT2D eigenvalue weighted by Crippen LogP contribution is -2.63. The SMILES string of the molecule is [B]c1cc(C)ccc1N1CC(=O)N(Cc2ccc(F)cc2)C(C2CCC2)C1=O. The number of hydrogen-bond donors (Lipinski definition) is 0. The minimum Gasteiger partial charge on any atom is -0.324 e. The van der Waals surface area contributed by atoms with Crippen LogP contribution in [0.3, 0.4) is 0 Å². The highest BCUT2D eigenvalue weighted by atomic mass is 19.1. The summed E-state index contributed by atoms with van der Waals surface area (Å²) in [5, 5.41) is 0. The van der Waals surface area contributed by atoms with Crippen LogP contribution in [0.2, 0.25) is 0 Å². The van der Waals surface area contributed by atoms with Crippen LogP contribution in [0.1, 0.15) is 30.4 Å². The van der Waals surface area contributed by atoms with Gasteiger partial charge in [-0.05, 0) is 49.4 Å². The summed E-state index contributed by atoms with van der Waals surface area (Å²) >= 11 is 0. The Labute approximate surface area is 165 Å². The Bertz CT molecular complexity index is 911. The number of carbonyl (C=O) groups excluding carboxylic acids is 2. The standard InChI is InChI=1S/C22H22BFN2O2/c1-14-5-10-19(18(23)11-14)25-13-20(27)26(12-15-6-8-17(24)9-7-15)21(22(25)28)16-3-2-4-16/h5-11,16,21H,2-4,12-13H2,1H3. The van der Waals surface area contributed by atoms with Crippen molar-refractivity contribution in [2.45, 2.75) is 38.8 Å². The summed E-state index contributed by atoms with van der Waals surface area (Å²) in [6.07, 6.45) is 2.93. The third kappa shape index (κ3) is 3.43. The van der Waals surface area contributed by atoms with Gasteiger partial charge in [-0.3, -0.25) is 9.59 Å². The molecule has 142 valence electrons. The van der Waals surface area contributed by atoms with E-state index in [0.29, 0.717) is 17.7 Å². The zero-order valence-corrected chi connectivity index (χ0v) is 15.9. The summed E-state index contributed by atoms with van der Waals surface area (Å²) in [6.45, 7) is 2.21. The molecule has 2 fully saturated rings. The molecule has 6 heteroatoms. The molecule has 0 bridgehead atoms. The lowest BCUT2D eigenvalue weighted by atomic mass is 9.77. The second-order valence-electron chi connectivity index (χ2n) is 7.77. The summed E-state index contributed by atoms with van der Waals surface area (Å²) in [7, 11) is 6.15. The molecule has 2 radical (unpaired) electrons. The van der Waals surface area contributed by atoms with E-state index in [0.717, 1.165) is 30.4 Å². The number of amides is 2. The van der Waals surface area contributed by atoms with Crippen LogP contribution in [0.25, 0.3) is 0 Å². The first-order chi connectivity index (χ1) is 13.4. The van der Waals surface area contributed by atoms with Gasteiger partial charge < -0.3 is 9.80 Å². The molecule has 4 rings (SSSR count). The van der Waals surface area contributed by atoms with Crippen LogP contribution in [0.4, 0.5) is 10.1 Å². The molecule has 2 amide bonds. The summed E-state index contributed by atoms with van der Waals surface area (Å²) in [4.78, 5) is 29.7. The van der Waals surface area contributed by atoms with E-state index in [4.69, 9.17) is 7.85 Å². The van der Waals surface area contributed by atoms with Gasteiger partial charge in [0.1, 0.15) is 26.3 Å². The fraction of sp³-hybridized carbons (Fsp3) is 0.364. The van der Waals surface area contributed by atoms with Gasteiger partial charge in [-0.1, -0.05) is 41.7 Å². The Morgan fingerprint density at radius 1 is 1.11 bits per heavy atom. The van der Waals surface area contributed by atoms with E-state index in [1.54, 1.807) is 17.0 Å². The van der Waals surface area contributed by atoms with Crippen LogP contribution < -0.4 is 10.4 Å². The number of carbonyl (C=O) groups is 2. The fourth-order valence-electron chi connectivity index (χ4n) is 4.06. The molecule has 0 aromatic heterocycles. The van der Waals surface area contributed by atoms with Gasteiger partial charge in [-0.15, -0.1) is 0 Å². The molecular weight excluding hydrogens is 354 g/mol. The molecule has 0 spiro atoms. The van der Waals surface area contributed by atoms with Crippen LogP contribution in [0.5, 0.6) is 0 Å². The summed E-state index contributed by atoms with van der Waals surface area (Å²) in [5.74, 6) is -0.351. The normalized spacial score (nSPS) is 20.4. The predicted octanol–water partition coefficient (Wildman–Crippen LogP) is 2.47. The van der Waals surface area contributed by atoms with Gasteiger partial charge in [-0.2, -0.15) is 0 Å². The fourth-order valence-corrected chi connectivity index (χ4v) is 4.06. The van der Waals surface area contributed by atoms with Gasteiger partial charge in [0.15, 0.2) is 0 Å². The minimum absolute atomic E-state index is 0.0312. The van der Waals surface area contributed by atoms with Crippen LogP contribution in [0.15, 0.2) is 42.5 Å². The first-order valence-corrected chi connectivity index (χ1v) is 9.65. The topological polar surface area (TPSA) is 40.6 Å². The highest BCUT2D eigenvalue weighted by Crippen LogP contribution is 2.36. The average Bonchev–Trinajstić information content (AvgIpc) is 2.61. The van der Waals surface area contributed by atoms with E-state index in [1.165, 1.54) is 17.0 Å². The Hall–Kier alpha value is -2.63. The van der Waals surface area contributed by atoms with Gasteiger partial charge in [-0.25, -0.2) is 4.39 Å². The first kappa shape index (κ1) is 18.7. The second kappa shape index (κ2) is 7.42. The van der Waals surface area contributed by atoms with Crippen molar-refractivity contribution < 1.29 is 14.0 Å². The lowest BCUT2D eigenvalue weighted by Gasteiger charge is -2.46. The maximum atomic E-state index is 13.4. The Morgan fingerprint density at radius 3 is 2.43 bits per heavy atom. The molecule has 2 aliphatic rings. The lowest BCUT2D eigenvalue weighted by molar-refractivity contribution is -0.147. The summed E-state index contributed by atoms with van der Waals surface area (Å²) in [6, 6.07) is 11.1. The van der Waals surface area contributed by atoms with Crippen LogP contribution >= 0.6 is 0 Å². The van der Waals surface area contributed by atoms with E-state index in [-0.39, 0.29) is 30.1 Å². The molecule has 2 aromatic carbocycles. The van der Waals surface area contributed by atoms with Crippen molar-refractivity contribution in [3.8, 4) is 0 Å². The predicted molar refractivity (Wildman–Crippen MR) is 107 cm³/mol. The number of aryl methyl sites for hydroxylation is 1.